The Morgan fingerprint density at radius 2 is 1.90 bits per heavy atom. The molecular weight excluding hydrogens is 451 g/mol. The van der Waals surface area contributed by atoms with Crippen LogP contribution in [-0.2, 0) is 6.18 Å². The van der Waals surface area contributed by atoms with Gasteiger partial charge in [-0.05, 0) is 54.8 Å². The zero-order valence-electron chi connectivity index (χ0n) is 16.7. The highest BCUT2D eigenvalue weighted by Crippen LogP contribution is 2.38. The maximum atomic E-state index is 12.7. The number of urea groups is 1. The van der Waals surface area contributed by atoms with Crippen LogP contribution in [0.4, 0.5) is 18.0 Å². The Hall–Kier alpha value is -2.26. The van der Waals surface area contributed by atoms with E-state index in [0.29, 0.717) is 18.2 Å². The molecule has 0 radical (unpaired) electrons. The lowest BCUT2D eigenvalue weighted by molar-refractivity contribution is -0.137. The normalized spacial score (nSPS) is 14.9. The summed E-state index contributed by atoms with van der Waals surface area (Å²) in [6.07, 6.45) is 1.63. The fourth-order valence-corrected chi connectivity index (χ4v) is 4.67. The van der Waals surface area contributed by atoms with E-state index in [1.807, 2.05) is 24.4 Å². The lowest BCUT2D eigenvalue weighted by Crippen LogP contribution is -2.37. The number of hydrogen-bond acceptors (Lipinski definition) is 4. The Bertz CT molecular complexity index is 979. The van der Waals surface area contributed by atoms with Crippen LogP contribution in [0.5, 0.6) is 0 Å². The van der Waals surface area contributed by atoms with Crippen molar-refractivity contribution in [2.75, 3.05) is 0 Å². The summed E-state index contributed by atoms with van der Waals surface area (Å²) in [6.45, 7) is 1.95. The second-order valence-corrected chi connectivity index (χ2v) is 8.59. The van der Waals surface area contributed by atoms with Crippen molar-refractivity contribution in [1.29, 1.82) is 0 Å². The predicted octanol–water partition coefficient (Wildman–Crippen LogP) is 6.26. The van der Waals surface area contributed by atoms with Crippen LogP contribution in [0.25, 0.3) is 0 Å². The highest BCUT2D eigenvalue weighted by molar-refractivity contribution is 7.98. The van der Waals surface area contributed by atoms with E-state index in [0.717, 1.165) is 35.2 Å². The van der Waals surface area contributed by atoms with Crippen LogP contribution in [0.15, 0.2) is 35.4 Å². The molecule has 3 rings (SSSR count). The Labute approximate surface area is 187 Å². The summed E-state index contributed by atoms with van der Waals surface area (Å²) < 4.78 is 40.7. The molecule has 31 heavy (non-hydrogen) atoms. The average Bonchev–Trinajstić information content (AvgIpc) is 2.72. The summed E-state index contributed by atoms with van der Waals surface area (Å²) in [5.41, 5.74) is 0.633. The molecule has 1 aromatic carbocycles. The number of halogens is 4. The van der Waals surface area contributed by atoms with Crippen LogP contribution in [0.3, 0.4) is 0 Å². The van der Waals surface area contributed by atoms with Gasteiger partial charge in [-0.25, -0.2) is 9.78 Å². The highest BCUT2D eigenvalue weighted by Gasteiger charge is 2.32. The first kappa shape index (κ1) is 23.4. The van der Waals surface area contributed by atoms with Crippen molar-refractivity contribution in [3.8, 4) is 0 Å². The summed E-state index contributed by atoms with van der Waals surface area (Å²) in [4.78, 5) is 28.8. The third-order valence-electron chi connectivity index (χ3n) is 5.14. The van der Waals surface area contributed by atoms with Crippen molar-refractivity contribution in [2.24, 2.45) is 0 Å². The maximum Gasteiger partial charge on any atom is 0.417 e. The Morgan fingerprint density at radius 1 is 1.19 bits per heavy atom. The van der Waals surface area contributed by atoms with Crippen LogP contribution in [0, 0.1) is 6.92 Å². The number of nitrogens with zero attached hydrogens (tertiary/aromatic N) is 1. The molecular formula is C21H21ClF3N3O2S. The van der Waals surface area contributed by atoms with Gasteiger partial charge in [0.25, 0.3) is 5.91 Å². The third-order valence-corrected chi connectivity index (χ3v) is 6.48. The Balaban J connectivity index is 1.65. The smallest absolute Gasteiger partial charge is 0.277 e. The van der Waals surface area contributed by atoms with Crippen LogP contribution in [0.1, 0.15) is 65.2 Å². The van der Waals surface area contributed by atoms with Gasteiger partial charge in [0.15, 0.2) is 0 Å². The number of benzene rings is 1. The Kier molecular flexibility index (Phi) is 7.48. The van der Waals surface area contributed by atoms with Gasteiger partial charge < -0.3 is 0 Å². The molecule has 5 nitrogen and oxygen atoms in total. The molecule has 2 N–H and O–H groups in total. The molecule has 1 fully saturated rings. The monoisotopic (exact) mass is 471 g/mol. The fourth-order valence-electron chi connectivity index (χ4n) is 3.59. The van der Waals surface area contributed by atoms with Gasteiger partial charge in [0, 0.05) is 11.1 Å². The molecule has 1 aliphatic rings. The van der Waals surface area contributed by atoms with Crippen LogP contribution < -0.4 is 10.0 Å². The summed E-state index contributed by atoms with van der Waals surface area (Å²) >= 11 is 6.86. The van der Waals surface area contributed by atoms with E-state index < -0.39 is 34.4 Å². The van der Waals surface area contributed by atoms with Crippen molar-refractivity contribution >= 4 is 35.5 Å². The van der Waals surface area contributed by atoms with Crippen molar-refractivity contribution < 1.29 is 22.8 Å². The zero-order valence-corrected chi connectivity index (χ0v) is 18.3. The number of aryl methyl sites for hydroxylation is 1. The molecule has 1 saturated carbocycles. The first-order valence-electron chi connectivity index (χ1n) is 9.77. The molecule has 0 bridgehead atoms. The van der Waals surface area contributed by atoms with Crippen LogP contribution >= 0.6 is 23.5 Å². The van der Waals surface area contributed by atoms with E-state index in [-0.39, 0.29) is 0 Å². The number of nitrogens with one attached hydrogen (secondary N) is 2. The highest BCUT2D eigenvalue weighted by atomic mass is 35.5. The summed E-state index contributed by atoms with van der Waals surface area (Å²) in [7, 11) is 0. The minimum Gasteiger partial charge on any atom is -0.277 e. The molecule has 1 aliphatic carbocycles. The standard InChI is InChI=1S/C21H21ClF3N3O2S/c1-12-6-5-9-15(13-7-3-2-4-8-13)18(12)31-28-20(30)27-19(29)17-16(22)10-14(11-26-17)21(23,24)25/h5-6,9-11,13H,2-4,7-8H2,1H3,(H2,27,28,29,30). The molecule has 0 atom stereocenters. The SMILES string of the molecule is Cc1cccc(C2CCCCC2)c1SNC(=O)NC(=O)c1ncc(C(F)(F)F)cc1Cl. The van der Waals surface area contributed by atoms with Gasteiger partial charge in [-0.15, -0.1) is 0 Å². The third kappa shape index (κ3) is 5.92. The van der Waals surface area contributed by atoms with Gasteiger partial charge >= 0.3 is 12.2 Å². The topological polar surface area (TPSA) is 71.1 Å². The van der Waals surface area contributed by atoms with E-state index in [1.54, 1.807) is 0 Å². The number of pyridine rings is 1. The second kappa shape index (κ2) is 9.91. The molecule has 1 heterocycles. The number of amides is 3. The molecule has 0 saturated heterocycles. The van der Waals surface area contributed by atoms with Crippen molar-refractivity contribution in [3.05, 3.63) is 57.9 Å². The van der Waals surface area contributed by atoms with Gasteiger partial charge in [0.1, 0.15) is 5.69 Å². The van der Waals surface area contributed by atoms with Crippen LogP contribution in [0.2, 0.25) is 5.02 Å². The van der Waals surface area contributed by atoms with E-state index in [9.17, 15) is 22.8 Å². The summed E-state index contributed by atoms with van der Waals surface area (Å²) in [5, 5.41) is 1.55. The number of carbonyl (C=O) groups is 2. The molecule has 2 aromatic rings. The number of imide groups is 1. The molecule has 166 valence electrons. The van der Waals surface area contributed by atoms with E-state index in [4.69, 9.17) is 11.6 Å². The first-order chi connectivity index (χ1) is 14.7. The minimum atomic E-state index is -4.64. The molecule has 0 unspecified atom stereocenters. The van der Waals surface area contributed by atoms with Crippen LogP contribution in [-0.4, -0.2) is 16.9 Å². The van der Waals surface area contributed by atoms with E-state index in [2.05, 4.69) is 15.8 Å². The number of aromatic nitrogens is 1. The maximum absolute atomic E-state index is 12.7. The first-order valence-corrected chi connectivity index (χ1v) is 11.0. The van der Waals surface area contributed by atoms with E-state index >= 15 is 0 Å². The molecule has 1 aromatic heterocycles. The largest absolute Gasteiger partial charge is 0.417 e. The van der Waals surface area contributed by atoms with Crippen molar-refractivity contribution in [2.45, 2.75) is 56.0 Å². The molecule has 0 spiro atoms. The predicted molar refractivity (Wildman–Crippen MR) is 113 cm³/mol. The molecule has 0 aliphatic heterocycles. The number of carbonyl (C=O) groups excluding carboxylic acids is 2. The van der Waals surface area contributed by atoms with Gasteiger partial charge in [0.2, 0.25) is 0 Å². The lowest BCUT2D eigenvalue weighted by Gasteiger charge is -2.25. The quantitative estimate of drug-likeness (QED) is 0.516. The minimum absolute atomic E-state index is 0.429. The van der Waals surface area contributed by atoms with E-state index in [1.165, 1.54) is 24.8 Å². The molecule has 10 heteroatoms. The second-order valence-electron chi connectivity index (χ2n) is 7.37. The molecule has 3 amide bonds. The van der Waals surface area contributed by atoms with Gasteiger partial charge in [-0.2, -0.15) is 13.2 Å². The fraction of sp³-hybridized carbons (Fsp3) is 0.381. The zero-order chi connectivity index (χ0) is 22.6. The number of hydrogen-bond donors (Lipinski definition) is 2. The van der Waals surface area contributed by atoms with Gasteiger partial charge in [-0.3, -0.25) is 14.8 Å². The number of rotatable bonds is 4. The Morgan fingerprint density at radius 3 is 2.55 bits per heavy atom. The number of alkyl halides is 3. The van der Waals surface area contributed by atoms with Crippen molar-refractivity contribution in [3.63, 3.8) is 0 Å². The summed E-state index contributed by atoms with van der Waals surface area (Å²) in [6, 6.07) is 5.78. The van der Waals surface area contributed by atoms with Gasteiger partial charge in [-0.1, -0.05) is 49.1 Å². The summed E-state index contributed by atoms with van der Waals surface area (Å²) in [5.74, 6) is -0.563. The average molecular weight is 472 g/mol. The van der Waals surface area contributed by atoms with Crippen molar-refractivity contribution in [1.82, 2.24) is 15.0 Å². The lowest BCUT2D eigenvalue weighted by atomic mass is 9.83. The van der Waals surface area contributed by atoms with Gasteiger partial charge in [0.05, 0.1) is 10.6 Å².